The van der Waals surface area contributed by atoms with Gasteiger partial charge in [0.25, 0.3) is 5.91 Å². The fraction of sp³-hybridized carbons (Fsp3) is 0.304. The molecule has 33 heavy (non-hydrogen) atoms. The molecular weight excluding hydrogens is 428 g/mol. The van der Waals surface area contributed by atoms with Crippen molar-refractivity contribution in [1.82, 2.24) is 0 Å². The first-order valence-corrected chi connectivity index (χ1v) is 10.7. The standard InChI is InChI=1S/C23H20N4O6/c24-17(28)8-6-14-18-19(23(26-14)12-3-1-2-4-13(12)25-22(23)31)21(30)27(20(18)29)11-5-7-15-16(9-11)33-10-32-15/h1-5,7,9,14,18-19,26H,6,8,10H2,(H2,24,28)(H,25,31)/p+1/t14-,18+,19-,23-/m0/s1. The summed E-state index contributed by atoms with van der Waals surface area (Å²) in [5.41, 5.74) is 5.73. The van der Waals surface area contributed by atoms with Gasteiger partial charge in [-0.15, -0.1) is 0 Å². The molecule has 4 atom stereocenters. The molecule has 2 aromatic carbocycles. The molecule has 4 aliphatic heterocycles. The van der Waals surface area contributed by atoms with Gasteiger partial charge < -0.3 is 25.8 Å². The van der Waals surface area contributed by atoms with Gasteiger partial charge in [-0.2, -0.15) is 0 Å². The second kappa shape index (κ2) is 6.79. The van der Waals surface area contributed by atoms with Crippen molar-refractivity contribution >= 4 is 35.0 Å². The summed E-state index contributed by atoms with van der Waals surface area (Å²) in [4.78, 5) is 53.5. The number of primary amides is 1. The summed E-state index contributed by atoms with van der Waals surface area (Å²) in [5, 5.41) is 4.66. The highest BCUT2D eigenvalue weighted by Gasteiger charge is 2.74. The first-order chi connectivity index (χ1) is 15.9. The van der Waals surface area contributed by atoms with Gasteiger partial charge in [0, 0.05) is 24.5 Å². The third-order valence-corrected chi connectivity index (χ3v) is 7.11. The van der Waals surface area contributed by atoms with Gasteiger partial charge >= 0.3 is 0 Å². The molecule has 4 amide bonds. The number of fused-ring (bicyclic) bond motifs is 5. The van der Waals surface area contributed by atoms with Gasteiger partial charge in [-0.3, -0.25) is 19.2 Å². The van der Waals surface area contributed by atoms with Crippen molar-refractivity contribution in [3.8, 4) is 11.5 Å². The predicted molar refractivity (Wildman–Crippen MR) is 113 cm³/mol. The second-order valence-corrected chi connectivity index (χ2v) is 8.76. The van der Waals surface area contributed by atoms with Crippen LogP contribution in [0.25, 0.3) is 0 Å². The smallest absolute Gasteiger partial charge is 0.291 e. The molecule has 4 aliphatic rings. The molecular formula is C23H21N4O6+. The van der Waals surface area contributed by atoms with E-state index >= 15 is 0 Å². The molecule has 0 aromatic heterocycles. The Labute approximate surface area is 188 Å². The third kappa shape index (κ3) is 2.58. The molecule has 0 aliphatic carbocycles. The average molecular weight is 449 g/mol. The summed E-state index contributed by atoms with van der Waals surface area (Å²) >= 11 is 0. The number of carbonyl (C=O) groups is 4. The minimum absolute atomic E-state index is 0.0508. The van der Waals surface area contributed by atoms with E-state index in [2.05, 4.69) is 5.32 Å². The Hall–Kier alpha value is -3.92. The largest absolute Gasteiger partial charge is 0.454 e. The van der Waals surface area contributed by atoms with E-state index in [1.54, 1.807) is 47.8 Å². The number of rotatable bonds is 4. The lowest BCUT2D eigenvalue weighted by atomic mass is 9.76. The summed E-state index contributed by atoms with van der Waals surface area (Å²) in [6.45, 7) is 0.0656. The molecule has 0 saturated carbocycles. The van der Waals surface area contributed by atoms with E-state index in [9.17, 15) is 19.2 Å². The maximum absolute atomic E-state index is 13.8. The summed E-state index contributed by atoms with van der Waals surface area (Å²) in [6, 6.07) is 11.6. The fourth-order valence-electron chi connectivity index (χ4n) is 5.77. The lowest BCUT2D eigenvalue weighted by Gasteiger charge is -2.26. The summed E-state index contributed by atoms with van der Waals surface area (Å²) in [7, 11) is 0. The highest BCUT2D eigenvalue weighted by Crippen LogP contribution is 2.50. The predicted octanol–water partition coefficient (Wildman–Crippen LogP) is -0.420. The maximum atomic E-state index is 13.8. The zero-order valence-corrected chi connectivity index (χ0v) is 17.4. The highest BCUT2D eigenvalue weighted by atomic mass is 16.7. The van der Waals surface area contributed by atoms with Crippen LogP contribution in [0.1, 0.15) is 18.4 Å². The van der Waals surface area contributed by atoms with E-state index in [1.807, 2.05) is 0 Å². The van der Waals surface area contributed by atoms with E-state index < -0.39 is 41.1 Å². The molecule has 0 unspecified atom stereocenters. The van der Waals surface area contributed by atoms with Gasteiger partial charge in [-0.05, 0) is 18.2 Å². The summed E-state index contributed by atoms with van der Waals surface area (Å²) in [6.07, 6.45) is 0.330. The number of benzene rings is 2. The van der Waals surface area contributed by atoms with Crippen molar-refractivity contribution in [3.05, 3.63) is 48.0 Å². The number of nitrogens with two attached hydrogens (primary N) is 2. The summed E-state index contributed by atoms with van der Waals surface area (Å²) in [5.74, 6) is -2.41. The van der Waals surface area contributed by atoms with E-state index in [0.29, 0.717) is 28.4 Å². The topological polar surface area (TPSA) is 145 Å². The average Bonchev–Trinajstić information content (AvgIpc) is 3.52. The number of carbonyl (C=O) groups excluding carboxylic acids is 4. The van der Waals surface area contributed by atoms with Crippen molar-refractivity contribution in [2.75, 3.05) is 17.0 Å². The number of imide groups is 1. The van der Waals surface area contributed by atoms with Crippen molar-refractivity contribution < 1.29 is 34.0 Å². The number of anilines is 2. The van der Waals surface area contributed by atoms with Gasteiger partial charge in [-0.25, -0.2) is 4.90 Å². The van der Waals surface area contributed by atoms with Crippen LogP contribution < -0.4 is 30.7 Å². The Bertz CT molecular complexity index is 1250. The molecule has 5 N–H and O–H groups in total. The Kier molecular flexibility index (Phi) is 4.06. The second-order valence-electron chi connectivity index (χ2n) is 8.76. The SMILES string of the molecule is NC(=O)CC[C@@H]1[NH2+][C@]2(C(=O)Nc3ccccc32)[C@@H]2C(=O)N(c3ccc4c(c3)OCO4)C(=O)[C@H]12. The van der Waals surface area contributed by atoms with Crippen molar-refractivity contribution in [1.29, 1.82) is 0 Å². The van der Waals surface area contributed by atoms with E-state index in [0.717, 1.165) is 4.90 Å². The maximum Gasteiger partial charge on any atom is 0.291 e. The monoisotopic (exact) mass is 449 g/mol. The molecule has 0 radical (unpaired) electrons. The number of ether oxygens (including phenoxy) is 2. The molecule has 10 nitrogen and oxygen atoms in total. The zero-order chi connectivity index (χ0) is 22.9. The van der Waals surface area contributed by atoms with Crippen LogP contribution in [0.3, 0.4) is 0 Å². The Morgan fingerprint density at radius 2 is 1.91 bits per heavy atom. The number of para-hydroxylation sites is 1. The third-order valence-electron chi connectivity index (χ3n) is 7.11. The molecule has 6 rings (SSSR count). The fourth-order valence-corrected chi connectivity index (χ4v) is 5.77. The molecule has 0 bridgehead atoms. The number of nitrogens with zero attached hydrogens (tertiary/aromatic N) is 1. The van der Waals surface area contributed by atoms with Crippen molar-refractivity contribution in [2.24, 2.45) is 17.6 Å². The Morgan fingerprint density at radius 1 is 1.12 bits per heavy atom. The quantitative estimate of drug-likeness (QED) is 0.541. The summed E-state index contributed by atoms with van der Waals surface area (Å²) < 4.78 is 10.7. The van der Waals surface area contributed by atoms with Crippen LogP contribution in [0.2, 0.25) is 0 Å². The highest BCUT2D eigenvalue weighted by molar-refractivity contribution is 6.25. The van der Waals surface area contributed by atoms with Gasteiger partial charge in [0.2, 0.25) is 30.1 Å². The van der Waals surface area contributed by atoms with E-state index in [-0.39, 0.29) is 25.5 Å². The van der Waals surface area contributed by atoms with E-state index in [1.165, 1.54) is 0 Å². The number of hydrogen-bond acceptors (Lipinski definition) is 6. The number of quaternary nitrogens is 1. The van der Waals surface area contributed by atoms with Crippen LogP contribution in [0.4, 0.5) is 11.4 Å². The molecule has 2 aromatic rings. The number of nitrogens with one attached hydrogen (secondary N) is 1. The minimum Gasteiger partial charge on any atom is -0.454 e. The van der Waals surface area contributed by atoms with Crippen LogP contribution in [-0.4, -0.2) is 36.5 Å². The molecule has 2 saturated heterocycles. The lowest BCUT2D eigenvalue weighted by molar-refractivity contribution is -0.733. The Balaban J connectivity index is 1.47. The Morgan fingerprint density at radius 3 is 2.73 bits per heavy atom. The van der Waals surface area contributed by atoms with Crippen LogP contribution >= 0.6 is 0 Å². The number of amides is 4. The molecule has 4 heterocycles. The van der Waals surface area contributed by atoms with Gasteiger partial charge in [0.15, 0.2) is 11.5 Å². The van der Waals surface area contributed by atoms with Crippen LogP contribution in [-0.2, 0) is 24.7 Å². The van der Waals surface area contributed by atoms with Gasteiger partial charge in [0.1, 0.15) is 17.9 Å². The first-order valence-electron chi connectivity index (χ1n) is 10.7. The minimum atomic E-state index is -1.29. The zero-order valence-electron chi connectivity index (χ0n) is 17.4. The first kappa shape index (κ1) is 19.7. The molecule has 168 valence electrons. The molecule has 1 spiro atoms. The molecule has 10 heteroatoms. The lowest BCUT2D eigenvalue weighted by Crippen LogP contribution is -2.99. The van der Waals surface area contributed by atoms with Crippen molar-refractivity contribution in [3.63, 3.8) is 0 Å². The van der Waals surface area contributed by atoms with Crippen LogP contribution in [0.15, 0.2) is 42.5 Å². The van der Waals surface area contributed by atoms with Gasteiger partial charge in [0.05, 0.1) is 11.4 Å². The normalized spacial score (nSPS) is 28.9. The van der Waals surface area contributed by atoms with Crippen LogP contribution in [0, 0.1) is 11.8 Å². The molecule has 2 fully saturated rings. The van der Waals surface area contributed by atoms with Crippen LogP contribution in [0.5, 0.6) is 11.5 Å². The van der Waals surface area contributed by atoms with Crippen molar-refractivity contribution in [2.45, 2.75) is 24.4 Å². The van der Waals surface area contributed by atoms with Gasteiger partial charge in [-0.1, -0.05) is 18.2 Å². The number of hydrogen-bond donors (Lipinski definition) is 3. The van der Waals surface area contributed by atoms with E-state index in [4.69, 9.17) is 15.2 Å².